The zero-order valence-corrected chi connectivity index (χ0v) is 16.6. The molecule has 2 aromatic rings. The molecule has 2 aromatic carbocycles. The number of esters is 1. The molecule has 2 unspecified atom stereocenters. The highest BCUT2D eigenvalue weighted by atomic mass is 16.5. The first-order chi connectivity index (χ1) is 13.7. The third kappa shape index (κ3) is 4.39. The minimum atomic E-state index is -0.304. The topological polar surface area (TPSA) is 41.6 Å². The number of carbonyl (C=O) groups is 1. The summed E-state index contributed by atoms with van der Waals surface area (Å²) in [4.78, 5) is 15.6. The van der Waals surface area contributed by atoms with Gasteiger partial charge in [-0.3, -0.25) is 9.69 Å². The second-order valence-electron chi connectivity index (χ2n) is 8.01. The Kier molecular flexibility index (Phi) is 5.96. The number of rotatable bonds is 7. The van der Waals surface area contributed by atoms with Crippen LogP contribution < -0.4 is 5.32 Å². The van der Waals surface area contributed by atoms with Gasteiger partial charge >= 0.3 is 5.97 Å². The smallest absolute Gasteiger partial charge is 0.315 e. The van der Waals surface area contributed by atoms with Crippen molar-refractivity contribution < 1.29 is 9.53 Å². The Morgan fingerprint density at radius 2 is 1.93 bits per heavy atom. The van der Waals surface area contributed by atoms with Crippen molar-refractivity contribution >= 4 is 11.7 Å². The van der Waals surface area contributed by atoms with Crippen LogP contribution in [0.25, 0.3) is 0 Å². The van der Waals surface area contributed by atoms with Gasteiger partial charge in [-0.15, -0.1) is 0 Å². The average molecular weight is 379 g/mol. The largest absolute Gasteiger partial charge is 0.460 e. The van der Waals surface area contributed by atoms with Gasteiger partial charge in [0.05, 0.1) is 5.92 Å². The highest BCUT2D eigenvalue weighted by Gasteiger charge is 2.37. The van der Waals surface area contributed by atoms with Crippen molar-refractivity contribution in [2.24, 2.45) is 5.92 Å². The molecule has 0 radical (unpaired) electrons. The fourth-order valence-electron chi connectivity index (χ4n) is 4.42. The number of nitrogens with one attached hydrogen (secondary N) is 1. The van der Waals surface area contributed by atoms with Crippen molar-refractivity contribution in [3.8, 4) is 0 Å². The van der Waals surface area contributed by atoms with Crippen LogP contribution in [-0.4, -0.2) is 43.2 Å². The number of benzene rings is 2. The molecule has 3 aliphatic heterocycles. The summed E-state index contributed by atoms with van der Waals surface area (Å²) in [5.74, 6) is 0.116. The maximum Gasteiger partial charge on any atom is 0.315 e. The Morgan fingerprint density at radius 1 is 1.14 bits per heavy atom. The number of nitrogens with zero attached hydrogens (tertiary/aromatic N) is 1. The molecule has 3 heterocycles. The highest BCUT2D eigenvalue weighted by Crippen LogP contribution is 2.31. The predicted octanol–water partition coefficient (Wildman–Crippen LogP) is 4.08. The number of anilines is 1. The van der Waals surface area contributed by atoms with Crippen LogP contribution in [0.4, 0.5) is 5.69 Å². The van der Waals surface area contributed by atoms with Crippen LogP contribution in [0.2, 0.25) is 0 Å². The fourth-order valence-corrected chi connectivity index (χ4v) is 4.42. The lowest BCUT2D eigenvalue weighted by Gasteiger charge is -2.44. The molecule has 4 heteroatoms. The summed E-state index contributed by atoms with van der Waals surface area (Å²) in [7, 11) is 0. The maximum atomic E-state index is 13.2. The van der Waals surface area contributed by atoms with E-state index in [1.807, 2.05) is 30.3 Å². The van der Waals surface area contributed by atoms with E-state index in [1.165, 1.54) is 5.56 Å². The molecule has 3 saturated heterocycles. The predicted molar refractivity (Wildman–Crippen MR) is 113 cm³/mol. The lowest BCUT2D eigenvalue weighted by Crippen LogP contribution is -2.52. The molecule has 5 rings (SSSR count). The summed E-state index contributed by atoms with van der Waals surface area (Å²) in [5.41, 5.74) is 3.35. The van der Waals surface area contributed by atoms with Crippen LogP contribution in [-0.2, 0) is 16.0 Å². The van der Waals surface area contributed by atoms with E-state index in [9.17, 15) is 4.79 Å². The van der Waals surface area contributed by atoms with Crippen molar-refractivity contribution in [3.63, 3.8) is 0 Å². The summed E-state index contributed by atoms with van der Waals surface area (Å²) in [5, 5.41) is 3.46. The Bertz CT molecular complexity index is 784. The lowest BCUT2D eigenvalue weighted by atomic mass is 9.85. The van der Waals surface area contributed by atoms with Crippen LogP contribution in [0.1, 0.15) is 36.8 Å². The second kappa shape index (κ2) is 8.78. The van der Waals surface area contributed by atoms with Crippen molar-refractivity contribution in [1.29, 1.82) is 0 Å². The van der Waals surface area contributed by atoms with Gasteiger partial charge < -0.3 is 10.1 Å². The van der Waals surface area contributed by atoms with Gasteiger partial charge in [0.25, 0.3) is 0 Å². The van der Waals surface area contributed by atoms with Gasteiger partial charge in [-0.05, 0) is 61.5 Å². The van der Waals surface area contributed by atoms with Crippen LogP contribution >= 0.6 is 0 Å². The minimum Gasteiger partial charge on any atom is -0.460 e. The summed E-state index contributed by atoms with van der Waals surface area (Å²) in [6.07, 6.45) is 3.34. The molecule has 2 bridgehead atoms. The van der Waals surface area contributed by atoms with E-state index < -0.39 is 0 Å². The molecule has 2 atom stereocenters. The van der Waals surface area contributed by atoms with Gasteiger partial charge in [-0.25, -0.2) is 0 Å². The van der Waals surface area contributed by atoms with Gasteiger partial charge in [-0.1, -0.05) is 49.4 Å². The molecule has 3 fully saturated rings. The van der Waals surface area contributed by atoms with Gasteiger partial charge in [-0.2, -0.15) is 0 Å². The van der Waals surface area contributed by atoms with E-state index in [4.69, 9.17) is 4.74 Å². The van der Waals surface area contributed by atoms with E-state index in [0.29, 0.717) is 12.5 Å². The Morgan fingerprint density at radius 3 is 2.61 bits per heavy atom. The van der Waals surface area contributed by atoms with Gasteiger partial charge in [0.15, 0.2) is 0 Å². The van der Waals surface area contributed by atoms with Crippen LogP contribution in [0.3, 0.4) is 0 Å². The first-order valence-electron chi connectivity index (χ1n) is 10.5. The summed E-state index contributed by atoms with van der Waals surface area (Å²) in [6, 6.07) is 18.4. The molecule has 0 saturated carbocycles. The fraction of sp³-hybridized carbons (Fsp3) is 0.458. The van der Waals surface area contributed by atoms with E-state index in [0.717, 1.165) is 50.1 Å². The van der Waals surface area contributed by atoms with Gasteiger partial charge in [0.1, 0.15) is 6.10 Å². The minimum absolute atomic E-state index is 0.0460. The monoisotopic (exact) mass is 378 g/mol. The molecule has 3 aliphatic rings. The molecular weight excluding hydrogens is 348 g/mol. The van der Waals surface area contributed by atoms with Crippen LogP contribution in [0, 0.1) is 5.92 Å². The second-order valence-corrected chi connectivity index (χ2v) is 8.01. The Balaban J connectivity index is 1.46. The Hall–Kier alpha value is -2.33. The number of aryl methyl sites for hydroxylation is 1. The van der Waals surface area contributed by atoms with E-state index >= 15 is 0 Å². The number of carbonyl (C=O) groups excluding carboxylic acids is 1. The average Bonchev–Trinajstić information content (AvgIpc) is 2.75. The Labute approximate surface area is 167 Å². The number of ether oxygens (including phenoxy) is 1. The van der Waals surface area contributed by atoms with Crippen molar-refractivity contribution in [2.75, 3.05) is 31.5 Å². The van der Waals surface area contributed by atoms with Gasteiger partial charge in [0.2, 0.25) is 0 Å². The molecule has 1 N–H and O–H groups in total. The van der Waals surface area contributed by atoms with Crippen molar-refractivity contribution in [2.45, 2.75) is 38.2 Å². The van der Waals surface area contributed by atoms with Crippen molar-refractivity contribution in [3.05, 3.63) is 65.7 Å². The zero-order valence-electron chi connectivity index (χ0n) is 16.6. The lowest BCUT2D eigenvalue weighted by molar-refractivity contribution is -0.160. The number of hydrogen-bond donors (Lipinski definition) is 1. The summed E-state index contributed by atoms with van der Waals surface area (Å²) in [6.45, 7) is 5.88. The first kappa shape index (κ1) is 19.0. The van der Waals surface area contributed by atoms with Crippen LogP contribution in [0.15, 0.2) is 54.6 Å². The van der Waals surface area contributed by atoms with E-state index in [1.54, 1.807) is 0 Å². The molecule has 0 amide bonds. The SMILES string of the molecule is CCc1cccc(NCC(C(=O)OC2CN3CCC2CC3)c2ccccc2)c1. The molecule has 0 aromatic heterocycles. The maximum absolute atomic E-state index is 13.2. The molecule has 28 heavy (non-hydrogen) atoms. The number of hydrogen-bond acceptors (Lipinski definition) is 4. The van der Waals surface area contributed by atoms with E-state index in [2.05, 4.69) is 41.4 Å². The standard InChI is InChI=1S/C24H30N2O2/c1-2-18-7-6-10-21(15-18)25-16-22(19-8-4-3-5-9-19)24(27)28-23-17-26-13-11-20(23)12-14-26/h3-10,15,20,22-23,25H,2,11-14,16-17H2,1H3. The molecular formula is C24H30N2O2. The first-order valence-corrected chi connectivity index (χ1v) is 10.5. The molecule has 4 nitrogen and oxygen atoms in total. The normalized spacial score (nSPS) is 24.5. The third-order valence-corrected chi connectivity index (χ3v) is 6.20. The quantitative estimate of drug-likeness (QED) is 0.737. The number of piperidine rings is 3. The zero-order chi connectivity index (χ0) is 19.3. The molecule has 148 valence electrons. The van der Waals surface area contributed by atoms with Crippen molar-refractivity contribution in [1.82, 2.24) is 4.90 Å². The summed E-state index contributed by atoms with van der Waals surface area (Å²) >= 11 is 0. The van der Waals surface area contributed by atoms with E-state index in [-0.39, 0.29) is 18.0 Å². The molecule has 0 spiro atoms. The third-order valence-electron chi connectivity index (χ3n) is 6.20. The highest BCUT2D eigenvalue weighted by molar-refractivity contribution is 5.79. The summed E-state index contributed by atoms with van der Waals surface area (Å²) < 4.78 is 6.05. The molecule has 0 aliphatic carbocycles. The van der Waals surface area contributed by atoms with Crippen LogP contribution in [0.5, 0.6) is 0 Å². The number of fused-ring (bicyclic) bond motifs is 3. The van der Waals surface area contributed by atoms with Gasteiger partial charge in [0, 0.05) is 18.8 Å².